The van der Waals surface area contributed by atoms with Crippen LogP contribution in [0.1, 0.15) is 5.56 Å². The lowest BCUT2D eigenvalue weighted by molar-refractivity contribution is -0.243. The first kappa shape index (κ1) is 8.81. The summed E-state index contributed by atoms with van der Waals surface area (Å²) in [5, 5.41) is 11.6. The van der Waals surface area contributed by atoms with Gasteiger partial charge in [0.15, 0.2) is 0 Å². The molecule has 0 aliphatic carbocycles. The van der Waals surface area contributed by atoms with Gasteiger partial charge in [-0.3, -0.25) is 0 Å². The Labute approximate surface area is 82.4 Å². The summed E-state index contributed by atoms with van der Waals surface area (Å²) in [5.74, 6) is 0.380. The molecule has 0 saturated carbocycles. The Hall–Kier alpha value is -1.77. The summed E-state index contributed by atoms with van der Waals surface area (Å²) in [5.41, 5.74) is 0.658. The van der Waals surface area contributed by atoms with Gasteiger partial charge in [-0.1, -0.05) is 36.1 Å². The molecule has 1 heterocycles. The first-order valence-corrected chi connectivity index (χ1v) is 4.47. The minimum absolute atomic E-state index is 0.0637. The van der Waals surface area contributed by atoms with Gasteiger partial charge in [-0.2, -0.15) is 0 Å². The van der Waals surface area contributed by atoms with E-state index in [1.807, 2.05) is 18.2 Å². The van der Waals surface area contributed by atoms with Crippen molar-refractivity contribution in [2.75, 3.05) is 13.2 Å². The van der Waals surface area contributed by atoms with E-state index in [9.17, 15) is 5.11 Å². The van der Waals surface area contributed by atoms with Gasteiger partial charge in [0.2, 0.25) is 5.90 Å². The lowest BCUT2D eigenvalue weighted by Crippen LogP contribution is -2.05. The maximum Gasteiger partial charge on any atom is 0.208 e. The van der Waals surface area contributed by atoms with Crippen LogP contribution in [0.3, 0.4) is 0 Å². The number of hydrogen-bond donors (Lipinski definition) is 0. The molecular formula is C11H10NO2-. The van der Waals surface area contributed by atoms with Crippen molar-refractivity contribution in [2.45, 2.75) is 0 Å². The fourth-order valence-electron chi connectivity index (χ4n) is 1.24. The molecule has 0 fully saturated rings. The van der Waals surface area contributed by atoms with Crippen LogP contribution < -0.4 is 5.11 Å². The van der Waals surface area contributed by atoms with Crippen molar-refractivity contribution in [1.82, 2.24) is 0 Å². The molecule has 0 amide bonds. The van der Waals surface area contributed by atoms with Crippen molar-refractivity contribution in [1.29, 1.82) is 0 Å². The van der Waals surface area contributed by atoms with Gasteiger partial charge in [-0.15, -0.1) is 0 Å². The van der Waals surface area contributed by atoms with Gasteiger partial charge in [0.25, 0.3) is 0 Å². The van der Waals surface area contributed by atoms with Crippen molar-refractivity contribution in [3.05, 3.63) is 42.0 Å². The van der Waals surface area contributed by atoms with Crippen LogP contribution in [0.15, 0.2) is 41.4 Å². The summed E-state index contributed by atoms with van der Waals surface area (Å²) in [6.45, 7) is 1.22. The molecule has 14 heavy (non-hydrogen) atoms. The highest BCUT2D eigenvalue weighted by Crippen LogP contribution is 2.08. The van der Waals surface area contributed by atoms with E-state index in [0.717, 1.165) is 0 Å². The average molecular weight is 188 g/mol. The smallest absolute Gasteiger partial charge is 0.208 e. The predicted octanol–water partition coefficient (Wildman–Crippen LogP) is 0.816. The number of aliphatic imine (C=N–C) groups is 1. The van der Waals surface area contributed by atoms with E-state index >= 15 is 0 Å². The van der Waals surface area contributed by atoms with E-state index in [1.54, 1.807) is 12.1 Å². The van der Waals surface area contributed by atoms with Crippen LogP contribution in [0.5, 0.6) is 0 Å². The fourth-order valence-corrected chi connectivity index (χ4v) is 1.24. The van der Waals surface area contributed by atoms with Crippen molar-refractivity contribution in [3.8, 4) is 0 Å². The van der Waals surface area contributed by atoms with Crippen LogP contribution in [0, 0.1) is 0 Å². The molecule has 2 rings (SSSR count). The number of ether oxygens (including phenoxy) is 1. The molecule has 0 saturated heterocycles. The molecule has 0 atom stereocenters. The van der Waals surface area contributed by atoms with Crippen molar-refractivity contribution < 1.29 is 9.84 Å². The maximum absolute atomic E-state index is 11.6. The fraction of sp³-hybridized carbons (Fsp3) is 0.182. The molecule has 72 valence electrons. The highest BCUT2D eigenvalue weighted by Gasteiger charge is 2.02. The molecule has 1 aliphatic heterocycles. The van der Waals surface area contributed by atoms with Gasteiger partial charge in [0.1, 0.15) is 6.61 Å². The second kappa shape index (κ2) is 3.96. The Bertz CT molecular complexity index is 368. The molecule has 0 aromatic heterocycles. The highest BCUT2D eigenvalue weighted by atomic mass is 16.5. The number of nitrogens with zero attached hydrogens (tertiary/aromatic N) is 1. The SMILES string of the molecule is [O-]C(=CC1=NCCO1)c1ccccc1. The lowest BCUT2D eigenvalue weighted by atomic mass is 10.2. The first-order chi connectivity index (χ1) is 6.86. The molecule has 0 bridgehead atoms. The quantitative estimate of drug-likeness (QED) is 0.645. The van der Waals surface area contributed by atoms with E-state index in [1.165, 1.54) is 6.08 Å². The summed E-state index contributed by atoms with van der Waals surface area (Å²) >= 11 is 0. The summed E-state index contributed by atoms with van der Waals surface area (Å²) in [6, 6.07) is 9.08. The standard InChI is InChI=1S/C11H11NO2/c13-10(8-11-12-6-7-14-11)9-4-2-1-3-5-9/h1-5,8,13H,6-7H2/p-1. The zero-order chi connectivity index (χ0) is 9.80. The van der Waals surface area contributed by atoms with Gasteiger partial charge in [0, 0.05) is 0 Å². The average Bonchev–Trinajstić information content (AvgIpc) is 2.72. The van der Waals surface area contributed by atoms with E-state index in [4.69, 9.17) is 4.74 Å². The third kappa shape index (κ3) is 1.93. The van der Waals surface area contributed by atoms with Crippen LogP contribution in [0.25, 0.3) is 5.76 Å². The molecule has 1 aliphatic rings. The topological polar surface area (TPSA) is 44.7 Å². The van der Waals surface area contributed by atoms with Crippen LogP contribution in [-0.4, -0.2) is 19.0 Å². The monoisotopic (exact) mass is 188 g/mol. The van der Waals surface area contributed by atoms with Crippen LogP contribution in [0.2, 0.25) is 0 Å². The third-order valence-electron chi connectivity index (χ3n) is 1.92. The molecule has 0 spiro atoms. The number of rotatable bonds is 2. The van der Waals surface area contributed by atoms with Crippen LogP contribution >= 0.6 is 0 Å². The normalized spacial score (nSPS) is 16.3. The second-order valence-corrected chi connectivity index (χ2v) is 2.94. The lowest BCUT2D eigenvalue weighted by Gasteiger charge is -2.11. The Morgan fingerprint density at radius 3 is 2.79 bits per heavy atom. The Balaban J connectivity index is 2.19. The molecule has 0 N–H and O–H groups in total. The first-order valence-electron chi connectivity index (χ1n) is 4.47. The zero-order valence-corrected chi connectivity index (χ0v) is 7.64. The summed E-state index contributed by atoms with van der Waals surface area (Å²) in [6.07, 6.45) is 1.43. The molecular weight excluding hydrogens is 178 g/mol. The molecule has 1 aromatic carbocycles. The van der Waals surface area contributed by atoms with Crippen molar-refractivity contribution >= 4 is 11.7 Å². The van der Waals surface area contributed by atoms with Gasteiger partial charge in [0.05, 0.1) is 6.54 Å². The van der Waals surface area contributed by atoms with E-state index in [-0.39, 0.29) is 5.76 Å². The number of hydrogen-bond acceptors (Lipinski definition) is 3. The molecule has 3 heteroatoms. The van der Waals surface area contributed by atoms with E-state index < -0.39 is 0 Å². The Morgan fingerprint density at radius 2 is 2.14 bits per heavy atom. The van der Waals surface area contributed by atoms with Crippen LogP contribution in [0.4, 0.5) is 0 Å². The molecule has 3 nitrogen and oxygen atoms in total. The maximum atomic E-state index is 11.6. The highest BCUT2D eigenvalue weighted by molar-refractivity contribution is 5.94. The van der Waals surface area contributed by atoms with E-state index in [0.29, 0.717) is 24.6 Å². The zero-order valence-electron chi connectivity index (χ0n) is 7.64. The Morgan fingerprint density at radius 1 is 1.36 bits per heavy atom. The van der Waals surface area contributed by atoms with Gasteiger partial charge >= 0.3 is 0 Å². The summed E-state index contributed by atoms with van der Waals surface area (Å²) in [4.78, 5) is 4.02. The van der Waals surface area contributed by atoms with Crippen molar-refractivity contribution in [2.24, 2.45) is 4.99 Å². The van der Waals surface area contributed by atoms with Gasteiger partial charge in [-0.25, -0.2) is 4.99 Å². The molecule has 1 aromatic rings. The summed E-state index contributed by atoms with van der Waals surface area (Å²) in [7, 11) is 0. The Kier molecular flexibility index (Phi) is 2.49. The van der Waals surface area contributed by atoms with Crippen LogP contribution in [-0.2, 0) is 4.74 Å². The third-order valence-corrected chi connectivity index (χ3v) is 1.92. The predicted molar refractivity (Wildman–Crippen MR) is 52.7 cm³/mol. The van der Waals surface area contributed by atoms with Gasteiger partial charge < -0.3 is 9.84 Å². The second-order valence-electron chi connectivity index (χ2n) is 2.94. The van der Waals surface area contributed by atoms with Gasteiger partial charge in [-0.05, 0) is 11.6 Å². The largest absolute Gasteiger partial charge is 0.872 e. The summed E-state index contributed by atoms with van der Waals surface area (Å²) < 4.78 is 5.12. The minimum atomic E-state index is -0.0637. The number of benzene rings is 1. The molecule has 0 radical (unpaired) electrons. The molecule has 0 unspecified atom stereocenters. The van der Waals surface area contributed by atoms with E-state index in [2.05, 4.69) is 4.99 Å². The van der Waals surface area contributed by atoms with Crippen molar-refractivity contribution in [3.63, 3.8) is 0 Å². The minimum Gasteiger partial charge on any atom is -0.872 e.